The molecule has 0 unspecified atom stereocenters. The average Bonchev–Trinajstić information content (AvgIpc) is 3.22. The molecule has 1 aromatic carbocycles. The second-order valence-corrected chi connectivity index (χ2v) is 6.28. The minimum atomic E-state index is -0.448. The fourth-order valence-corrected chi connectivity index (χ4v) is 2.96. The summed E-state index contributed by atoms with van der Waals surface area (Å²) >= 11 is 7.71. The van der Waals surface area contributed by atoms with E-state index < -0.39 is 5.97 Å². The van der Waals surface area contributed by atoms with E-state index in [0.29, 0.717) is 33.7 Å². The van der Waals surface area contributed by atoms with Crippen molar-refractivity contribution in [3.63, 3.8) is 0 Å². The SMILES string of the molecule is COC(=O)c1ccc(OCc2nc(-c3cccs3)oc2C)c(Cl)c1. The van der Waals surface area contributed by atoms with Gasteiger partial charge in [0.1, 0.15) is 23.8 Å². The van der Waals surface area contributed by atoms with Gasteiger partial charge in [-0.15, -0.1) is 11.3 Å². The number of ether oxygens (including phenoxy) is 2. The fraction of sp³-hybridized carbons (Fsp3) is 0.176. The number of thiophene rings is 1. The maximum atomic E-state index is 11.5. The second-order valence-electron chi connectivity index (χ2n) is 4.92. The Morgan fingerprint density at radius 3 is 2.88 bits per heavy atom. The van der Waals surface area contributed by atoms with Gasteiger partial charge in [0, 0.05) is 0 Å². The van der Waals surface area contributed by atoms with Crippen LogP contribution in [0.3, 0.4) is 0 Å². The van der Waals surface area contributed by atoms with E-state index in [4.69, 9.17) is 20.8 Å². The number of halogens is 1. The Morgan fingerprint density at radius 1 is 1.38 bits per heavy atom. The Kier molecular flexibility index (Phi) is 4.87. The molecule has 7 heteroatoms. The van der Waals surface area contributed by atoms with Crippen molar-refractivity contribution < 1.29 is 18.7 Å². The lowest BCUT2D eigenvalue weighted by Crippen LogP contribution is -2.02. The third kappa shape index (κ3) is 3.44. The van der Waals surface area contributed by atoms with Gasteiger partial charge in [-0.2, -0.15) is 0 Å². The number of methoxy groups -OCH3 is 1. The molecule has 0 fully saturated rings. The van der Waals surface area contributed by atoms with Gasteiger partial charge < -0.3 is 13.9 Å². The van der Waals surface area contributed by atoms with Crippen LogP contribution >= 0.6 is 22.9 Å². The molecule has 0 aliphatic heterocycles. The lowest BCUT2D eigenvalue weighted by Gasteiger charge is -2.08. The summed E-state index contributed by atoms with van der Waals surface area (Å²) in [7, 11) is 1.32. The number of nitrogens with zero attached hydrogens (tertiary/aromatic N) is 1. The maximum absolute atomic E-state index is 11.5. The standard InChI is InChI=1S/C17H14ClNO4S/c1-10-13(19-16(23-10)15-4-3-7-24-15)9-22-14-6-5-11(8-12(14)18)17(20)21-2/h3-8H,9H2,1-2H3. The molecular weight excluding hydrogens is 350 g/mol. The lowest BCUT2D eigenvalue weighted by atomic mass is 10.2. The summed E-state index contributed by atoms with van der Waals surface area (Å²) in [6.07, 6.45) is 0. The van der Waals surface area contributed by atoms with Gasteiger partial charge in [-0.1, -0.05) is 17.7 Å². The van der Waals surface area contributed by atoms with Crippen LogP contribution in [-0.2, 0) is 11.3 Å². The molecule has 3 aromatic rings. The number of benzene rings is 1. The Morgan fingerprint density at radius 2 is 2.21 bits per heavy atom. The molecule has 2 heterocycles. The van der Waals surface area contributed by atoms with Gasteiger partial charge in [0.05, 0.1) is 22.6 Å². The van der Waals surface area contributed by atoms with Crippen molar-refractivity contribution in [2.24, 2.45) is 0 Å². The van der Waals surface area contributed by atoms with Crippen molar-refractivity contribution in [3.05, 3.63) is 57.8 Å². The van der Waals surface area contributed by atoms with E-state index in [-0.39, 0.29) is 6.61 Å². The number of hydrogen-bond acceptors (Lipinski definition) is 6. The number of aryl methyl sites for hydroxylation is 1. The molecule has 0 radical (unpaired) electrons. The van der Waals surface area contributed by atoms with Crippen molar-refractivity contribution in [1.82, 2.24) is 4.98 Å². The Balaban J connectivity index is 1.73. The highest BCUT2D eigenvalue weighted by Crippen LogP contribution is 2.29. The molecular formula is C17H14ClNO4S. The van der Waals surface area contributed by atoms with Crippen LogP contribution in [0.2, 0.25) is 5.02 Å². The van der Waals surface area contributed by atoms with E-state index in [0.717, 1.165) is 4.88 Å². The van der Waals surface area contributed by atoms with Crippen LogP contribution in [0.5, 0.6) is 5.75 Å². The third-order valence-corrected chi connectivity index (χ3v) is 4.50. The highest BCUT2D eigenvalue weighted by atomic mass is 35.5. The molecule has 24 heavy (non-hydrogen) atoms. The molecule has 0 atom stereocenters. The quantitative estimate of drug-likeness (QED) is 0.613. The van der Waals surface area contributed by atoms with Gasteiger partial charge in [-0.25, -0.2) is 9.78 Å². The Bertz CT molecular complexity index is 858. The number of rotatable bonds is 5. The monoisotopic (exact) mass is 363 g/mol. The van der Waals surface area contributed by atoms with Crippen LogP contribution in [0.1, 0.15) is 21.8 Å². The van der Waals surface area contributed by atoms with Crippen LogP contribution < -0.4 is 4.74 Å². The highest BCUT2D eigenvalue weighted by Gasteiger charge is 2.14. The van der Waals surface area contributed by atoms with E-state index in [1.807, 2.05) is 24.4 Å². The van der Waals surface area contributed by atoms with Gasteiger partial charge in [-0.05, 0) is 36.6 Å². The number of hydrogen-bond donors (Lipinski definition) is 0. The zero-order valence-electron chi connectivity index (χ0n) is 13.0. The molecule has 0 amide bonds. The van der Waals surface area contributed by atoms with Crippen LogP contribution in [0.15, 0.2) is 40.1 Å². The van der Waals surface area contributed by atoms with E-state index in [1.165, 1.54) is 13.2 Å². The maximum Gasteiger partial charge on any atom is 0.337 e. The first-order valence-electron chi connectivity index (χ1n) is 7.09. The number of esters is 1. The van der Waals surface area contributed by atoms with E-state index >= 15 is 0 Å². The van der Waals surface area contributed by atoms with Crippen molar-refractivity contribution in [3.8, 4) is 16.5 Å². The van der Waals surface area contributed by atoms with E-state index in [2.05, 4.69) is 9.72 Å². The largest absolute Gasteiger partial charge is 0.486 e. The van der Waals surface area contributed by atoms with Gasteiger partial charge in [0.25, 0.3) is 0 Å². The summed E-state index contributed by atoms with van der Waals surface area (Å²) in [6.45, 7) is 2.06. The molecule has 0 saturated heterocycles. The normalized spacial score (nSPS) is 10.6. The number of carbonyl (C=O) groups excluding carboxylic acids is 1. The van der Waals surface area contributed by atoms with Gasteiger partial charge in [0.2, 0.25) is 5.89 Å². The van der Waals surface area contributed by atoms with Crippen LogP contribution in [0.4, 0.5) is 0 Å². The number of aromatic nitrogens is 1. The summed E-state index contributed by atoms with van der Waals surface area (Å²) in [5.41, 5.74) is 1.07. The molecule has 2 aromatic heterocycles. The zero-order valence-corrected chi connectivity index (χ0v) is 14.6. The van der Waals surface area contributed by atoms with Crippen LogP contribution in [0, 0.1) is 6.92 Å². The molecule has 0 saturated carbocycles. The summed E-state index contributed by atoms with van der Waals surface area (Å²) < 4.78 is 16.0. The van der Waals surface area contributed by atoms with Crippen molar-refractivity contribution in [2.75, 3.05) is 7.11 Å². The number of carbonyl (C=O) groups is 1. The van der Waals surface area contributed by atoms with Gasteiger partial charge in [0.15, 0.2) is 0 Å². The van der Waals surface area contributed by atoms with Crippen molar-refractivity contribution >= 4 is 28.9 Å². The molecule has 0 aliphatic rings. The Labute approximate surface area is 147 Å². The van der Waals surface area contributed by atoms with Crippen LogP contribution in [0.25, 0.3) is 10.8 Å². The van der Waals surface area contributed by atoms with Crippen molar-refractivity contribution in [1.29, 1.82) is 0 Å². The summed E-state index contributed by atoms with van der Waals surface area (Å²) in [4.78, 5) is 16.9. The van der Waals surface area contributed by atoms with Crippen molar-refractivity contribution in [2.45, 2.75) is 13.5 Å². The zero-order chi connectivity index (χ0) is 17.1. The molecule has 0 N–H and O–H groups in total. The molecule has 124 valence electrons. The fourth-order valence-electron chi connectivity index (χ4n) is 2.08. The third-order valence-electron chi connectivity index (χ3n) is 3.34. The minimum absolute atomic E-state index is 0.220. The second kappa shape index (κ2) is 7.07. The predicted octanol–water partition coefficient (Wildman–Crippen LogP) is 4.73. The van der Waals surface area contributed by atoms with Gasteiger partial charge >= 0.3 is 5.97 Å². The first kappa shape index (κ1) is 16.5. The smallest absolute Gasteiger partial charge is 0.337 e. The van der Waals surface area contributed by atoms with E-state index in [9.17, 15) is 4.79 Å². The average molecular weight is 364 g/mol. The number of oxazole rings is 1. The predicted molar refractivity (Wildman–Crippen MR) is 91.7 cm³/mol. The summed E-state index contributed by atoms with van der Waals surface area (Å²) in [5, 5.41) is 2.30. The summed E-state index contributed by atoms with van der Waals surface area (Å²) in [6, 6.07) is 8.63. The summed E-state index contributed by atoms with van der Waals surface area (Å²) in [5.74, 6) is 1.29. The Hall–Kier alpha value is -2.31. The minimum Gasteiger partial charge on any atom is -0.486 e. The molecule has 0 bridgehead atoms. The first-order valence-corrected chi connectivity index (χ1v) is 8.35. The first-order chi connectivity index (χ1) is 11.6. The lowest BCUT2D eigenvalue weighted by molar-refractivity contribution is 0.0600. The topological polar surface area (TPSA) is 61.6 Å². The highest BCUT2D eigenvalue weighted by molar-refractivity contribution is 7.13. The molecule has 0 spiro atoms. The van der Waals surface area contributed by atoms with E-state index in [1.54, 1.807) is 23.5 Å². The molecule has 0 aliphatic carbocycles. The van der Waals surface area contributed by atoms with Gasteiger partial charge in [-0.3, -0.25) is 0 Å². The molecule has 5 nitrogen and oxygen atoms in total. The van der Waals surface area contributed by atoms with Crippen LogP contribution in [-0.4, -0.2) is 18.1 Å². The molecule has 3 rings (SSSR count).